The van der Waals surface area contributed by atoms with Crippen molar-refractivity contribution in [2.24, 2.45) is 0 Å². The van der Waals surface area contributed by atoms with Crippen LogP contribution in [0.5, 0.6) is 0 Å². The van der Waals surface area contributed by atoms with Crippen LogP contribution in [0.4, 0.5) is 13.2 Å². The van der Waals surface area contributed by atoms with Crippen molar-refractivity contribution in [1.82, 2.24) is 9.97 Å². The Bertz CT molecular complexity index is 749. The Labute approximate surface area is 132 Å². The summed E-state index contributed by atoms with van der Waals surface area (Å²) in [6.45, 7) is 0. The van der Waals surface area contributed by atoms with Gasteiger partial charge in [-0.15, -0.1) is 29.8 Å². The van der Waals surface area contributed by atoms with Crippen molar-refractivity contribution in [2.75, 3.05) is 0 Å². The summed E-state index contributed by atoms with van der Waals surface area (Å²) in [6.07, 6.45) is -2.97. The summed E-state index contributed by atoms with van der Waals surface area (Å²) in [4.78, 5) is 8.26. The Morgan fingerprint density at radius 1 is 0.952 bits per heavy atom. The normalized spacial score (nSPS) is 11.2. The molecule has 2 nitrogen and oxygen atoms in total. The summed E-state index contributed by atoms with van der Waals surface area (Å²) < 4.78 is 37.6. The second-order valence-electron chi connectivity index (χ2n) is 4.23. The Morgan fingerprint density at radius 2 is 1.71 bits per heavy atom. The number of hydrogen-bond donors (Lipinski definition) is 0. The van der Waals surface area contributed by atoms with Gasteiger partial charge in [0, 0.05) is 20.1 Å². The van der Waals surface area contributed by atoms with E-state index in [1.807, 2.05) is 24.3 Å². The first-order valence-corrected chi connectivity index (χ1v) is 5.85. The third-order valence-electron chi connectivity index (χ3n) is 2.94. The predicted molar refractivity (Wildman–Crippen MR) is 68.8 cm³/mol. The first kappa shape index (κ1) is 15.6. The Hall–Kier alpha value is -1.78. The molecule has 21 heavy (non-hydrogen) atoms. The van der Waals surface area contributed by atoms with Gasteiger partial charge >= 0.3 is 6.18 Å². The zero-order chi connectivity index (χ0) is 14.2. The Morgan fingerprint density at radius 3 is 2.38 bits per heavy atom. The number of rotatable bonds is 1. The van der Waals surface area contributed by atoms with Crippen molar-refractivity contribution in [3.05, 3.63) is 60.4 Å². The molecule has 109 valence electrons. The zero-order valence-corrected chi connectivity index (χ0v) is 12.9. The number of benzene rings is 2. The van der Waals surface area contributed by atoms with E-state index in [9.17, 15) is 13.2 Å². The molecule has 0 aliphatic heterocycles. The van der Waals surface area contributed by atoms with Gasteiger partial charge in [0.05, 0.1) is 5.52 Å². The molecule has 1 radical (unpaired) electrons. The quantitative estimate of drug-likeness (QED) is 0.506. The molecule has 0 bridgehead atoms. The number of hydrogen-bond acceptors (Lipinski definition) is 2. The fourth-order valence-electron chi connectivity index (χ4n) is 1.97. The van der Waals surface area contributed by atoms with Crippen LogP contribution >= 0.6 is 0 Å². The molecule has 0 saturated carbocycles. The molecule has 0 unspecified atom stereocenters. The van der Waals surface area contributed by atoms with Crippen LogP contribution in [0.2, 0.25) is 0 Å². The number of para-hydroxylation sites is 1. The van der Waals surface area contributed by atoms with E-state index in [4.69, 9.17) is 0 Å². The van der Waals surface area contributed by atoms with Crippen LogP contribution in [0, 0.1) is 6.07 Å². The largest absolute Gasteiger partial charge is 0.381 e. The van der Waals surface area contributed by atoms with Gasteiger partial charge in [-0.25, -0.2) is 4.98 Å². The predicted octanol–water partition coefficient (Wildman–Crippen LogP) is 4.11. The van der Waals surface area contributed by atoms with Crippen LogP contribution in [0.3, 0.4) is 0 Å². The summed E-state index contributed by atoms with van der Waals surface area (Å²) in [5.74, 6) is 0. The molecule has 2 aromatic carbocycles. The van der Waals surface area contributed by atoms with Crippen molar-refractivity contribution < 1.29 is 33.3 Å². The maximum absolute atomic E-state index is 12.5. The van der Waals surface area contributed by atoms with E-state index in [2.05, 4.69) is 16.0 Å². The van der Waals surface area contributed by atoms with Gasteiger partial charge in [0.25, 0.3) is 0 Å². The molecule has 0 aliphatic rings. The Balaban J connectivity index is 0.00000161. The van der Waals surface area contributed by atoms with Crippen molar-refractivity contribution in [2.45, 2.75) is 6.18 Å². The van der Waals surface area contributed by atoms with E-state index >= 15 is 0 Å². The molecule has 3 aromatic rings. The zero-order valence-electron chi connectivity index (χ0n) is 10.5. The van der Waals surface area contributed by atoms with E-state index in [1.54, 1.807) is 0 Å². The minimum Gasteiger partial charge on any atom is -0.285 e. The average molecular weight is 465 g/mol. The molecular formula is C15H8F3IrN2-. The van der Waals surface area contributed by atoms with Crippen molar-refractivity contribution >= 4 is 10.9 Å². The summed E-state index contributed by atoms with van der Waals surface area (Å²) >= 11 is 0. The van der Waals surface area contributed by atoms with Crippen LogP contribution in [-0.2, 0) is 26.3 Å². The van der Waals surface area contributed by atoms with E-state index in [0.29, 0.717) is 11.3 Å². The number of alkyl halides is 3. The maximum Gasteiger partial charge on any atom is 0.381 e. The van der Waals surface area contributed by atoms with E-state index in [-0.39, 0.29) is 20.1 Å². The van der Waals surface area contributed by atoms with Crippen molar-refractivity contribution in [3.8, 4) is 11.3 Å². The number of halogens is 3. The average Bonchev–Trinajstić information content (AvgIpc) is 2.46. The third-order valence-corrected chi connectivity index (χ3v) is 2.94. The molecule has 0 amide bonds. The summed E-state index contributed by atoms with van der Waals surface area (Å²) in [6, 6.07) is 13.3. The fraction of sp³-hybridized carbons (Fsp3) is 0.0667. The molecule has 0 saturated heterocycles. The number of fused-ring (bicyclic) bond motifs is 1. The molecule has 0 fully saturated rings. The summed E-state index contributed by atoms with van der Waals surface area (Å²) in [5.41, 5.74) is 1.10. The molecule has 0 N–H and O–H groups in total. The summed E-state index contributed by atoms with van der Waals surface area (Å²) in [5, 5.41) is 0.783. The summed E-state index contributed by atoms with van der Waals surface area (Å²) in [7, 11) is 0. The van der Waals surface area contributed by atoms with E-state index in [1.165, 1.54) is 12.4 Å². The second kappa shape index (κ2) is 5.92. The van der Waals surface area contributed by atoms with Crippen molar-refractivity contribution in [1.29, 1.82) is 0 Å². The van der Waals surface area contributed by atoms with Crippen LogP contribution in [0.15, 0.2) is 48.8 Å². The van der Waals surface area contributed by atoms with Gasteiger partial charge < -0.3 is 0 Å². The van der Waals surface area contributed by atoms with Gasteiger partial charge in [-0.2, -0.15) is 13.2 Å². The molecule has 1 heterocycles. The smallest absolute Gasteiger partial charge is 0.285 e. The van der Waals surface area contributed by atoms with Crippen LogP contribution < -0.4 is 0 Å². The number of nitrogens with zero attached hydrogens (tertiary/aromatic N) is 2. The van der Waals surface area contributed by atoms with Gasteiger partial charge in [0.1, 0.15) is 6.33 Å². The van der Waals surface area contributed by atoms with Gasteiger partial charge in [-0.05, 0) is 22.7 Å². The molecule has 0 atom stereocenters. The van der Waals surface area contributed by atoms with Gasteiger partial charge in [0.15, 0.2) is 0 Å². The van der Waals surface area contributed by atoms with Crippen LogP contribution in [0.25, 0.3) is 22.2 Å². The monoisotopic (exact) mass is 466 g/mol. The molecule has 1 aromatic heterocycles. The first-order valence-electron chi connectivity index (χ1n) is 5.85. The van der Waals surface area contributed by atoms with Gasteiger partial charge in [-0.3, -0.25) is 4.98 Å². The molecule has 6 heteroatoms. The van der Waals surface area contributed by atoms with Crippen molar-refractivity contribution in [3.63, 3.8) is 0 Å². The minimum atomic E-state index is -4.36. The fourth-order valence-corrected chi connectivity index (χ4v) is 1.97. The van der Waals surface area contributed by atoms with Gasteiger partial charge in [0.2, 0.25) is 0 Å². The minimum absolute atomic E-state index is 0. The van der Waals surface area contributed by atoms with E-state index in [0.717, 1.165) is 23.0 Å². The number of aromatic nitrogens is 2. The van der Waals surface area contributed by atoms with Gasteiger partial charge in [-0.1, -0.05) is 18.2 Å². The Kier molecular flexibility index (Phi) is 4.40. The first-order chi connectivity index (χ1) is 9.55. The third kappa shape index (κ3) is 3.12. The maximum atomic E-state index is 12.5. The molecular weight excluding hydrogens is 457 g/mol. The van der Waals surface area contributed by atoms with Crippen LogP contribution in [0.1, 0.15) is 5.56 Å². The second-order valence-corrected chi connectivity index (χ2v) is 4.23. The topological polar surface area (TPSA) is 25.8 Å². The standard InChI is InChI=1S/C15H8F3N2.Ir/c16-15(17,18)11-7-5-10(6-8-11)14-12-3-1-2-4-13(12)19-9-20-14;/h1-5,7-9H;/q-1;. The SMILES string of the molecule is FC(F)(F)c1c[c-]c(-c2ncnc3ccccc23)cc1.[Ir]. The van der Waals surface area contributed by atoms with E-state index < -0.39 is 11.7 Å². The molecule has 0 spiro atoms. The molecule has 3 rings (SSSR count). The molecule has 0 aliphatic carbocycles. The van der Waals surface area contributed by atoms with Crippen LogP contribution in [-0.4, -0.2) is 9.97 Å².